The van der Waals surface area contributed by atoms with Gasteiger partial charge in [-0.25, -0.2) is 0 Å². The van der Waals surface area contributed by atoms with Gasteiger partial charge < -0.3 is 19.5 Å². The average Bonchev–Trinajstić information content (AvgIpc) is 3.25. The largest absolute Gasteiger partial charge is 0.497 e. The molecule has 0 aromatic heterocycles. The van der Waals surface area contributed by atoms with Crippen LogP contribution in [0.15, 0.2) is 42.5 Å². The molecule has 1 aliphatic heterocycles. The van der Waals surface area contributed by atoms with Gasteiger partial charge in [0.1, 0.15) is 5.75 Å². The second-order valence-electron chi connectivity index (χ2n) is 5.90. The van der Waals surface area contributed by atoms with Crippen LogP contribution in [0.25, 0.3) is 0 Å². The number of thioether (sulfide) groups is 2. The van der Waals surface area contributed by atoms with Crippen molar-refractivity contribution >= 4 is 29.4 Å². The van der Waals surface area contributed by atoms with Crippen molar-refractivity contribution < 1.29 is 19.0 Å². The van der Waals surface area contributed by atoms with E-state index < -0.39 is 0 Å². The van der Waals surface area contributed by atoms with Gasteiger partial charge in [-0.2, -0.15) is 0 Å². The highest BCUT2D eigenvalue weighted by atomic mass is 32.2. The van der Waals surface area contributed by atoms with Gasteiger partial charge in [0, 0.05) is 18.1 Å². The zero-order valence-corrected chi connectivity index (χ0v) is 17.0. The Morgan fingerprint density at radius 2 is 1.89 bits per heavy atom. The maximum absolute atomic E-state index is 12.1. The summed E-state index contributed by atoms with van der Waals surface area (Å²) in [6, 6.07) is 13.5. The number of ether oxygens (including phenoxy) is 3. The number of hydrogen-bond acceptors (Lipinski definition) is 6. The van der Waals surface area contributed by atoms with Gasteiger partial charge in [0.2, 0.25) is 0 Å². The fourth-order valence-electron chi connectivity index (χ4n) is 2.68. The lowest BCUT2D eigenvalue weighted by Gasteiger charge is -2.14. The third kappa shape index (κ3) is 5.49. The van der Waals surface area contributed by atoms with E-state index in [-0.39, 0.29) is 12.5 Å². The Hall–Kier alpha value is -1.99. The Bertz CT molecular complexity index is 778. The van der Waals surface area contributed by atoms with Crippen molar-refractivity contribution in [3.63, 3.8) is 0 Å². The van der Waals surface area contributed by atoms with Gasteiger partial charge in [-0.15, -0.1) is 23.5 Å². The molecule has 0 aliphatic carbocycles. The highest BCUT2D eigenvalue weighted by Crippen LogP contribution is 2.46. The maximum atomic E-state index is 12.1. The smallest absolute Gasteiger partial charge is 0.258 e. The lowest BCUT2D eigenvalue weighted by atomic mass is 10.2. The van der Waals surface area contributed by atoms with Crippen LogP contribution in [0, 0.1) is 0 Å². The van der Waals surface area contributed by atoms with Crippen molar-refractivity contribution in [1.29, 1.82) is 0 Å². The molecule has 0 spiro atoms. The number of methoxy groups -OCH3 is 2. The van der Waals surface area contributed by atoms with Crippen molar-refractivity contribution in [2.45, 2.75) is 11.1 Å². The Balaban J connectivity index is 1.53. The quantitative estimate of drug-likeness (QED) is 0.719. The number of benzene rings is 2. The SMILES string of the molecule is COc1cccc(CNC(=O)COc2ccc(C3SCCS3)cc2OC)c1. The van der Waals surface area contributed by atoms with Crippen molar-refractivity contribution in [3.8, 4) is 17.2 Å². The maximum Gasteiger partial charge on any atom is 0.258 e. The van der Waals surface area contributed by atoms with E-state index in [0.29, 0.717) is 22.6 Å². The lowest BCUT2D eigenvalue weighted by Crippen LogP contribution is -2.28. The van der Waals surface area contributed by atoms with E-state index in [1.807, 2.05) is 66.0 Å². The summed E-state index contributed by atoms with van der Waals surface area (Å²) in [5.41, 5.74) is 2.19. The van der Waals surface area contributed by atoms with E-state index in [1.54, 1.807) is 14.2 Å². The van der Waals surface area contributed by atoms with Crippen LogP contribution >= 0.6 is 23.5 Å². The summed E-state index contributed by atoms with van der Waals surface area (Å²) in [5, 5.41) is 2.85. The van der Waals surface area contributed by atoms with Crippen LogP contribution in [0.1, 0.15) is 15.7 Å². The van der Waals surface area contributed by atoms with E-state index in [2.05, 4.69) is 5.32 Å². The minimum atomic E-state index is -0.189. The van der Waals surface area contributed by atoms with Crippen LogP contribution in [0.5, 0.6) is 17.2 Å². The molecule has 7 heteroatoms. The topological polar surface area (TPSA) is 56.8 Å². The normalized spacial score (nSPS) is 14.0. The third-order valence-electron chi connectivity index (χ3n) is 4.06. The molecular weight excluding hydrogens is 382 g/mol. The molecule has 27 heavy (non-hydrogen) atoms. The molecule has 0 atom stereocenters. The summed E-state index contributed by atoms with van der Waals surface area (Å²) in [7, 11) is 3.23. The monoisotopic (exact) mass is 405 g/mol. The summed E-state index contributed by atoms with van der Waals surface area (Å²) < 4.78 is 16.7. The number of amides is 1. The standard InChI is InChI=1S/C20H23NO4S2/c1-23-16-5-3-4-14(10-16)12-21-19(22)13-25-17-7-6-15(11-18(17)24-2)20-26-8-9-27-20/h3-7,10-11,20H,8-9,12-13H2,1-2H3,(H,21,22). The second-order valence-corrected chi connectivity index (χ2v) is 8.63. The zero-order valence-electron chi connectivity index (χ0n) is 15.4. The molecule has 5 nitrogen and oxygen atoms in total. The molecular formula is C20H23NO4S2. The summed E-state index contributed by atoms with van der Waals surface area (Å²) in [6.45, 7) is 0.359. The predicted molar refractivity (Wildman–Crippen MR) is 111 cm³/mol. The molecule has 2 aromatic rings. The first-order valence-electron chi connectivity index (χ1n) is 8.63. The second kappa shape index (κ2) is 9.80. The zero-order chi connectivity index (χ0) is 19.1. The van der Waals surface area contributed by atoms with Gasteiger partial charge in [0.15, 0.2) is 18.1 Å². The van der Waals surface area contributed by atoms with Crippen LogP contribution in [-0.4, -0.2) is 38.2 Å². The van der Waals surface area contributed by atoms with E-state index >= 15 is 0 Å². The molecule has 1 N–H and O–H groups in total. The first-order chi connectivity index (χ1) is 13.2. The van der Waals surface area contributed by atoms with Gasteiger partial charge in [0.05, 0.1) is 18.8 Å². The molecule has 1 aliphatic rings. The minimum Gasteiger partial charge on any atom is -0.497 e. The van der Waals surface area contributed by atoms with Gasteiger partial charge in [-0.05, 0) is 35.4 Å². The van der Waals surface area contributed by atoms with Crippen molar-refractivity contribution in [2.75, 3.05) is 32.3 Å². The summed E-state index contributed by atoms with van der Waals surface area (Å²) in [5.74, 6) is 4.14. The third-order valence-corrected chi connectivity index (χ3v) is 7.17. The predicted octanol–water partition coefficient (Wildman–Crippen LogP) is 3.88. The van der Waals surface area contributed by atoms with Crippen LogP contribution < -0.4 is 19.5 Å². The van der Waals surface area contributed by atoms with Gasteiger partial charge >= 0.3 is 0 Å². The number of hydrogen-bond donors (Lipinski definition) is 1. The summed E-state index contributed by atoms with van der Waals surface area (Å²) >= 11 is 3.88. The molecule has 2 aromatic carbocycles. The molecule has 0 unspecified atom stereocenters. The van der Waals surface area contributed by atoms with Crippen molar-refractivity contribution in [2.24, 2.45) is 0 Å². The molecule has 1 amide bonds. The van der Waals surface area contributed by atoms with Gasteiger partial charge in [-0.1, -0.05) is 18.2 Å². The van der Waals surface area contributed by atoms with Crippen LogP contribution in [0.2, 0.25) is 0 Å². The van der Waals surface area contributed by atoms with Gasteiger partial charge in [-0.3, -0.25) is 4.79 Å². The Labute approximate surface area is 168 Å². The van der Waals surface area contributed by atoms with Crippen LogP contribution in [0.3, 0.4) is 0 Å². The lowest BCUT2D eigenvalue weighted by molar-refractivity contribution is -0.123. The van der Waals surface area contributed by atoms with Crippen LogP contribution in [0.4, 0.5) is 0 Å². The molecule has 144 valence electrons. The van der Waals surface area contributed by atoms with Gasteiger partial charge in [0.25, 0.3) is 5.91 Å². The van der Waals surface area contributed by atoms with Crippen LogP contribution in [-0.2, 0) is 11.3 Å². The molecule has 0 radical (unpaired) electrons. The number of carbonyl (C=O) groups excluding carboxylic acids is 1. The Morgan fingerprint density at radius 3 is 2.63 bits per heavy atom. The molecule has 0 saturated carbocycles. The fourth-order valence-corrected chi connectivity index (χ4v) is 5.52. The van der Waals surface area contributed by atoms with E-state index in [9.17, 15) is 4.79 Å². The average molecular weight is 406 g/mol. The Morgan fingerprint density at radius 1 is 1.07 bits per heavy atom. The summed E-state index contributed by atoms with van der Waals surface area (Å²) in [4.78, 5) is 12.1. The van der Waals surface area contributed by atoms with E-state index in [1.165, 1.54) is 17.1 Å². The highest BCUT2D eigenvalue weighted by molar-refractivity contribution is 8.19. The van der Waals surface area contributed by atoms with Crippen molar-refractivity contribution in [3.05, 3.63) is 53.6 Å². The van der Waals surface area contributed by atoms with Crippen molar-refractivity contribution in [1.82, 2.24) is 5.32 Å². The Kier molecular flexibility index (Phi) is 7.18. The molecule has 1 saturated heterocycles. The first kappa shape index (κ1) is 19.8. The highest BCUT2D eigenvalue weighted by Gasteiger charge is 2.20. The molecule has 1 fully saturated rings. The minimum absolute atomic E-state index is 0.0629. The van der Waals surface area contributed by atoms with E-state index in [4.69, 9.17) is 14.2 Å². The number of carbonyl (C=O) groups is 1. The molecule has 0 bridgehead atoms. The summed E-state index contributed by atoms with van der Waals surface area (Å²) in [6.07, 6.45) is 0. The molecule has 3 rings (SSSR count). The number of rotatable bonds is 8. The fraction of sp³-hybridized carbons (Fsp3) is 0.350. The van der Waals surface area contributed by atoms with E-state index in [0.717, 1.165) is 11.3 Å². The molecule has 1 heterocycles. The number of nitrogens with one attached hydrogen (secondary N) is 1. The first-order valence-corrected chi connectivity index (χ1v) is 10.7.